The summed E-state index contributed by atoms with van der Waals surface area (Å²) in [5.41, 5.74) is -1.10. The summed E-state index contributed by atoms with van der Waals surface area (Å²) >= 11 is 0. The van der Waals surface area contributed by atoms with Crippen molar-refractivity contribution in [1.29, 1.82) is 0 Å². The highest BCUT2D eigenvalue weighted by Crippen LogP contribution is 2.24. The van der Waals surface area contributed by atoms with Crippen LogP contribution in [0.3, 0.4) is 0 Å². The van der Waals surface area contributed by atoms with E-state index in [9.17, 15) is 18.7 Å². The molecule has 1 aromatic rings. The van der Waals surface area contributed by atoms with Crippen molar-refractivity contribution >= 4 is 5.91 Å². The van der Waals surface area contributed by atoms with E-state index in [0.29, 0.717) is 19.1 Å². The first-order valence-electron chi connectivity index (χ1n) is 6.59. The fourth-order valence-corrected chi connectivity index (χ4v) is 2.04. The molecule has 116 valence electrons. The van der Waals surface area contributed by atoms with Crippen LogP contribution in [0.4, 0.5) is 8.78 Å². The van der Waals surface area contributed by atoms with E-state index in [-0.39, 0.29) is 18.4 Å². The van der Waals surface area contributed by atoms with Crippen LogP contribution in [-0.2, 0) is 9.53 Å². The van der Waals surface area contributed by atoms with Gasteiger partial charge in [-0.2, -0.15) is 0 Å². The molecular formula is C14H17F2NO4. The number of hydrogen-bond acceptors (Lipinski definition) is 4. The molecule has 5 nitrogen and oxygen atoms in total. The molecule has 0 saturated carbocycles. The number of halogens is 2. The Morgan fingerprint density at radius 3 is 2.95 bits per heavy atom. The lowest BCUT2D eigenvalue weighted by Crippen LogP contribution is -2.48. The highest BCUT2D eigenvalue weighted by atomic mass is 19.1. The van der Waals surface area contributed by atoms with Gasteiger partial charge in [0.15, 0.2) is 18.2 Å². The second-order valence-corrected chi connectivity index (χ2v) is 5.01. The van der Waals surface area contributed by atoms with Crippen LogP contribution in [0.25, 0.3) is 0 Å². The Morgan fingerprint density at radius 1 is 1.57 bits per heavy atom. The van der Waals surface area contributed by atoms with Gasteiger partial charge in [-0.15, -0.1) is 0 Å². The number of carbonyl (C=O) groups is 1. The lowest BCUT2D eigenvalue weighted by atomic mass is 9.97. The maximum absolute atomic E-state index is 13.3. The molecule has 0 radical (unpaired) electrons. The van der Waals surface area contributed by atoms with Gasteiger partial charge in [-0.1, -0.05) is 0 Å². The van der Waals surface area contributed by atoms with E-state index >= 15 is 0 Å². The summed E-state index contributed by atoms with van der Waals surface area (Å²) in [4.78, 5) is 11.6. The molecule has 21 heavy (non-hydrogen) atoms. The van der Waals surface area contributed by atoms with Gasteiger partial charge in [-0.25, -0.2) is 8.78 Å². The van der Waals surface area contributed by atoms with Crippen LogP contribution >= 0.6 is 0 Å². The van der Waals surface area contributed by atoms with Crippen molar-refractivity contribution in [2.45, 2.75) is 25.0 Å². The van der Waals surface area contributed by atoms with Crippen molar-refractivity contribution in [3.05, 3.63) is 29.8 Å². The molecule has 7 heteroatoms. The van der Waals surface area contributed by atoms with Gasteiger partial charge in [0.25, 0.3) is 5.91 Å². The van der Waals surface area contributed by atoms with Crippen LogP contribution in [0.5, 0.6) is 5.75 Å². The number of carbonyl (C=O) groups excluding carboxylic acids is 1. The Labute approximate surface area is 120 Å². The Hall–Kier alpha value is -1.73. The maximum Gasteiger partial charge on any atom is 0.258 e. The number of nitrogens with one attached hydrogen (secondary N) is 1. The quantitative estimate of drug-likeness (QED) is 0.851. The van der Waals surface area contributed by atoms with E-state index in [1.54, 1.807) is 6.92 Å². The Morgan fingerprint density at radius 2 is 2.33 bits per heavy atom. The Kier molecular flexibility index (Phi) is 4.74. The van der Waals surface area contributed by atoms with Crippen molar-refractivity contribution < 1.29 is 28.2 Å². The molecule has 2 unspecified atom stereocenters. The standard InChI is InChI=1S/C14H17F2NO4/c1-9-14(19,4-5-20-9)8-17-13(18)7-21-12-3-2-10(15)6-11(12)16/h2-3,6,9,19H,4-5,7-8H2,1H3,(H,17,18). The molecule has 1 amide bonds. The summed E-state index contributed by atoms with van der Waals surface area (Å²) in [6.45, 7) is 1.77. The summed E-state index contributed by atoms with van der Waals surface area (Å²) < 4.78 is 36.2. The van der Waals surface area contributed by atoms with Crippen molar-refractivity contribution in [2.24, 2.45) is 0 Å². The molecule has 0 aliphatic carbocycles. The predicted octanol–water partition coefficient (Wildman–Crippen LogP) is 1.000. The molecule has 1 saturated heterocycles. The average Bonchev–Trinajstić information content (AvgIpc) is 2.76. The van der Waals surface area contributed by atoms with E-state index in [1.807, 2.05) is 0 Å². The molecule has 2 atom stereocenters. The van der Waals surface area contributed by atoms with Crippen molar-refractivity contribution in [1.82, 2.24) is 5.32 Å². The van der Waals surface area contributed by atoms with Crippen molar-refractivity contribution in [2.75, 3.05) is 19.8 Å². The lowest BCUT2D eigenvalue weighted by Gasteiger charge is -2.26. The number of hydrogen-bond donors (Lipinski definition) is 2. The zero-order valence-corrected chi connectivity index (χ0v) is 11.6. The van der Waals surface area contributed by atoms with Gasteiger partial charge in [0.2, 0.25) is 0 Å². The molecule has 2 N–H and O–H groups in total. The fourth-order valence-electron chi connectivity index (χ4n) is 2.04. The van der Waals surface area contributed by atoms with Crippen LogP contribution in [0.1, 0.15) is 13.3 Å². The zero-order valence-electron chi connectivity index (χ0n) is 11.6. The summed E-state index contributed by atoms with van der Waals surface area (Å²) in [7, 11) is 0. The Bertz CT molecular complexity index is 526. The second-order valence-electron chi connectivity index (χ2n) is 5.01. The maximum atomic E-state index is 13.3. The van der Waals surface area contributed by atoms with Crippen LogP contribution in [0.2, 0.25) is 0 Å². The average molecular weight is 301 g/mol. The minimum absolute atomic E-state index is 0.0300. The smallest absolute Gasteiger partial charge is 0.258 e. The van der Waals surface area contributed by atoms with Gasteiger partial charge in [0.05, 0.1) is 6.10 Å². The third-order valence-electron chi connectivity index (χ3n) is 3.50. The monoisotopic (exact) mass is 301 g/mol. The summed E-state index contributed by atoms with van der Waals surface area (Å²) in [5.74, 6) is -2.31. The van der Waals surface area contributed by atoms with Crippen molar-refractivity contribution in [3.63, 3.8) is 0 Å². The number of aliphatic hydroxyl groups is 1. The Balaban J connectivity index is 1.80. The molecule has 2 rings (SSSR count). The normalized spacial score (nSPS) is 24.9. The molecular weight excluding hydrogens is 284 g/mol. The predicted molar refractivity (Wildman–Crippen MR) is 69.8 cm³/mol. The lowest BCUT2D eigenvalue weighted by molar-refractivity contribution is -0.125. The minimum Gasteiger partial charge on any atom is -0.481 e. The molecule has 0 spiro atoms. The van der Waals surface area contributed by atoms with E-state index in [4.69, 9.17) is 9.47 Å². The molecule has 1 aliphatic heterocycles. The number of rotatable bonds is 5. The van der Waals surface area contributed by atoms with E-state index in [2.05, 4.69) is 5.32 Å². The van der Waals surface area contributed by atoms with Crippen LogP contribution in [0.15, 0.2) is 18.2 Å². The van der Waals surface area contributed by atoms with Gasteiger partial charge >= 0.3 is 0 Å². The number of amides is 1. The molecule has 1 heterocycles. The first kappa shape index (κ1) is 15.7. The topological polar surface area (TPSA) is 67.8 Å². The van der Waals surface area contributed by atoms with Crippen molar-refractivity contribution in [3.8, 4) is 5.75 Å². The van der Waals surface area contributed by atoms with Gasteiger partial charge in [-0.05, 0) is 19.1 Å². The van der Waals surface area contributed by atoms with Gasteiger partial charge in [0, 0.05) is 25.6 Å². The second kappa shape index (κ2) is 6.36. The first-order chi connectivity index (χ1) is 9.90. The number of benzene rings is 1. The van der Waals surface area contributed by atoms with E-state index in [0.717, 1.165) is 12.1 Å². The molecule has 1 aliphatic rings. The van der Waals surface area contributed by atoms with Gasteiger partial charge in [0.1, 0.15) is 11.4 Å². The first-order valence-corrected chi connectivity index (χ1v) is 6.59. The van der Waals surface area contributed by atoms with Crippen LogP contribution in [-0.4, -0.2) is 42.5 Å². The molecule has 1 aromatic carbocycles. The summed E-state index contributed by atoms with van der Waals surface area (Å²) in [5, 5.41) is 12.7. The van der Waals surface area contributed by atoms with Crippen LogP contribution < -0.4 is 10.1 Å². The third kappa shape index (κ3) is 3.89. The third-order valence-corrected chi connectivity index (χ3v) is 3.50. The van der Waals surface area contributed by atoms with Gasteiger partial charge in [-0.3, -0.25) is 4.79 Å². The minimum atomic E-state index is -1.10. The van der Waals surface area contributed by atoms with E-state index < -0.39 is 29.7 Å². The summed E-state index contributed by atoms with van der Waals surface area (Å²) in [6.07, 6.45) is 0.0651. The highest BCUT2D eigenvalue weighted by Gasteiger charge is 2.39. The number of ether oxygens (including phenoxy) is 2. The SMILES string of the molecule is CC1OCCC1(O)CNC(=O)COc1ccc(F)cc1F. The van der Waals surface area contributed by atoms with Crippen LogP contribution in [0, 0.1) is 11.6 Å². The zero-order chi connectivity index (χ0) is 15.5. The fraction of sp³-hybridized carbons (Fsp3) is 0.500. The summed E-state index contributed by atoms with van der Waals surface area (Å²) in [6, 6.07) is 2.82. The molecule has 0 bridgehead atoms. The molecule has 1 fully saturated rings. The highest BCUT2D eigenvalue weighted by molar-refractivity contribution is 5.77. The largest absolute Gasteiger partial charge is 0.481 e. The van der Waals surface area contributed by atoms with Gasteiger partial charge < -0.3 is 19.9 Å². The van der Waals surface area contributed by atoms with E-state index in [1.165, 1.54) is 0 Å². The molecule has 0 aromatic heterocycles.